The normalized spacial score (nSPS) is 22.6. The standard InChI is InChI=1S/C13H29N3O/c1-3-13(14,12-17)6-5-7-16-10-8-15(4-2)9-11-16/h17H,3-12,14H2,1-2H3. The molecule has 0 saturated carbocycles. The fourth-order valence-corrected chi connectivity index (χ4v) is 2.35. The summed E-state index contributed by atoms with van der Waals surface area (Å²) in [6, 6.07) is 0. The summed E-state index contributed by atoms with van der Waals surface area (Å²) in [6.45, 7) is 11.4. The lowest BCUT2D eigenvalue weighted by molar-refractivity contribution is 0.127. The number of hydrogen-bond acceptors (Lipinski definition) is 4. The van der Waals surface area contributed by atoms with Gasteiger partial charge in [0.15, 0.2) is 0 Å². The molecule has 1 rings (SSSR count). The Kier molecular flexibility index (Phi) is 6.41. The fourth-order valence-electron chi connectivity index (χ4n) is 2.35. The minimum absolute atomic E-state index is 0.104. The lowest BCUT2D eigenvalue weighted by Gasteiger charge is -2.34. The van der Waals surface area contributed by atoms with E-state index >= 15 is 0 Å². The SMILES string of the molecule is CCN1CCN(CCCC(N)(CC)CO)CC1. The molecule has 0 aromatic heterocycles. The van der Waals surface area contributed by atoms with Crippen LogP contribution >= 0.6 is 0 Å². The Balaban J connectivity index is 2.15. The van der Waals surface area contributed by atoms with Crippen LogP contribution in [0.4, 0.5) is 0 Å². The second kappa shape index (κ2) is 7.31. The highest BCUT2D eigenvalue weighted by atomic mass is 16.3. The Morgan fingerprint density at radius 3 is 2.18 bits per heavy atom. The Hall–Kier alpha value is -0.160. The average molecular weight is 243 g/mol. The second-order valence-corrected chi connectivity index (χ2v) is 5.25. The molecule has 1 heterocycles. The molecule has 17 heavy (non-hydrogen) atoms. The van der Waals surface area contributed by atoms with Gasteiger partial charge in [-0.3, -0.25) is 0 Å². The van der Waals surface area contributed by atoms with Gasteiger partial charge in [0.2, 0.25) is 0 Å². The maximum Gasteiger partial charge on any atom is 0.0611 e. The summed E-state index contributed by atoms with van der Waals surface area (Å²) in [4.78, 5) is 5.00. The van der Waals surface area contributed by atoms with Crippen LogP contribution in [0.3, 0.4) is 0 Å². The molecule has 1 fully saturated rings. The van der Waals surface area contributed by atoms with Crippen molar-refractivity contribution in [2.45, 2.75) is 38.6 Å². The summed E-state index contributed by atoms with van der Waals surface area (Å²) < 4.78 is 0. The summed E-state index contributed by atoms with van der Waals surface area (Å²) >= 11 is 0. The lowest BCUT2D eigenvalue weighted by atomic mass is 9.92. The van der Waals surface area contributed by atoms with Crippen LogP contribution in [0, 0.1) is 0 Å². The third-order valence-corrected chi connectivity index (χ3v) is 4.08. The first-order chi connectivity index (χ1) is 8.13. The fraction of sp³-hybridized carbons (Fsp3) is 1.00. The van der Waals surface area contributed by atoms with Gasteiger partial charge in [-0.1, -0.05) is 13.8 Å². The van der Waals surface area contributed by atoms with E-state index in [-0.39, 0.29) is 12.1 Å². The molecule has 0 aliphatic carbocycles. The molecule has 1 aliphatic rings. The van der Waals surface area contributed by atoms with Gasteiger partial charge in [0, 0.05) is 31.7 Å². The zero-order chi connectivity index (χ0) is 12.7. The van der Waals surface area contributed by atoms with E-state index < -0.39 is 0 Å². The van der Waals surface area contributed by atoms with Crippen molar-refractivity contribution in [3.05, 3.63) is 0 Å². The lowest BCUT2D eigenvalue weighted by Crippen LogP contribution is -2.47. The topological polar surface area (TPSA) is 52.7 Å². The first-order valence-electron chi connectivity index (χ1n) is 6.98. The Bertz CT molecular complexity index is 199. The predicted molar refractivity (Wildman–Crippen MR) is 72.1 cm³/mol. The van der Waals surface area contributed by atoms with Crippen molar-refractivity contribution in [2.24, 2.45) is 5.73 Å². The molecule has 102 valence electrons. The average Bonchev–Trinajstić information content (AvgIpc) is 2.39. The minimum atomic E-state index is -0.356. The van der Waals surface area contributed by atoms with E-state index in [4.69, 9.17) is 5.73 Å². The van der Waals surface area contributed by atoms with E-state index in [1.807, 2.05) is 0 Å². The molecule has 0 spiro atoms. The summed E-state index contributed by atoms with van der Waals surface area (Å²) in [5.41, 5.74) is 5.72. The molecular formula is C13H29N3O. The Labute approximate surface area is 106 Å². The van der Waals surface area contributed by atoms with Gasteiger partial charge in [-0.2, -0.15) is 0 Å². The number of hydrogen-bond donors (Lipinski definition) is 2. The third kappa shape index (κ3) is 4.92. The van der Waals surface area contributed by atoms with Gasteiger partial charge >= 0.3 is 0 Å². The van der Waals surface area contributed by atoms with Crippen molar-refractivity contribution in [1.82, 2.24) is 9.80 Å². The predicted octanol–water partition coefficient (Wildman–Crippen LogP) is 0.504. The molecule has 0 bridgehead atoms. The number of aliphatic hydroxyl groups excluding tert-OH is 1. The van der Waals surface area contributed by atoms with Crippen molar-refractivity contribution >= 4 is 0 Å². The highest BCUT2D eigenvalue weighted by Gasteiger charge is 2.22. The van der Waals surface area contributed by atoms with E-state index in [2.05, 4.69) is 23.6 Å². The van der Waals surface area contributed by atoms with E-state index in [1.54, 1.807) is 0 Å². The Morgan fingerprint density at radius 1 is 1.12 bits per heavy atom. The smallest absolute Gasteiger partial charge is 0.0611 e. The monoisotopic (exact) mass is 243 g/mol. The van der Waals surface area contributed by atoms with Crippen LogP contribution in [0.5, 0.6) is 0 Å². The van der Waals surface area contributed by atoms with Crippen LogP contribution in [-0.4, -0.2) is 66.3 Å². The largest absolute Gasteiger partial charge is 0.394 e. The molecule has 1 saturated heterocycles. The van der Waals surface area contributed by atoms with E-state index in [9.17, 15) is 5.11 Å². The van der Waals surface area contributed by atoms with Gasteiger partial charge in [0.25, 0.3) is 0 Å². The van der Waals surface area contributed by atoms with Gasteiger partial charge in [-0.15, -0.1) is 0 Å². The van der Waals surface area contributed by atoms with Crippen LogP contribution in [0.15, 0.2) is 0 Å². The van der Waals surface area contributed by atoms with Gasteiger partial charge in [-0.05, 0) is 32.4 Å². The quantitative estimate of drug-likeness (QED) is 0.684. The van der Waals surface area contributed by atoms with Gasteiger partial charge in [-0.25, -0.2) is 0 Å². The molecule has 1 atom stereocenters. The van der Waals surface area contributed by atoms with Crippen LogP contribution in [0.25, 0.3) is 0 Å². The summed E-state index contributed by atoms with van der Waals surface area (Å²) in [7, 11) is 0. The van der Waals surface area contributed by atoms with E-state index in [0.717, 1.165) is 25.8 Å². The van der Waals surface area contributed by atoms with E-state index in [1.165, 1.54) is 32.7 Å². The second-order valence-electron chi connectivity index (χ2n) is 5.25. The molecule has 1 aliphatic heterocycles. The van der Waals surface area contributed by atoms with Crippen LogP contribution in [0.2, 0.25) is 0 Å². The first-order valence-corrected chi connectivity index (χ1v) is 6.98. The number of likely N-dealkylation sites (N-methyl/N-ethyl adjacent to an activating group) is 1. The van der Waals surface area contributed by atoms with E-state index in [0.29, 0.717) is 0 Å². The number of piperazine rings is 1. The van der Waals surface area contributed by atoms with Crippen molar-refractivity contribution in [3.8, 4) is 0 Å². The zero-order valence-corrected chi connectivity index (χ0v) is 11.5. The maximum atomic E-state index is 9.24. The molecule has 4 nitrogen and oxygen atoms in total. The maximum absolute atomic E-state index is 9.24. The van der Waals surface area contributed by atoms with Gasteiger partial charge in [0.05, 0.1) is 6.61 Å². The Morgan fingerprint density at radius 2 is 1.71 bits per heavy atom. The van der Waals surface area contributed by atoms with Crippen molar-refractivity contribution in [1.29, 1.82) is 0 Å². The van der Waals surface area contributed by atoms with Gasteiger partial charge in [0.1, 0.15) is 0 Å². The molecule has 0 aromatic rings. The van der Waals surface area contributed by atoms with Crippen LogP contribution in [-0.2, 0) is 0 Å². The minimum Gasteiger partial charge on any atom is -0.394 e. The number of rotatable bonds is 7. The van der Waals surface area contributed by atoms with Crippen molar-refractivity contribution in [2.75, 3.05) is 45.9 Å². The van der Waals surface area contributed by atoms with Crippen LogP contribution < -0.4 is 5.73 Å². The molecule has 0 amide bonds. The van der Waals surface area contributed by atoms with Crippen molar-refractivity contribution in [3.63, 3.8) is 0 Å². The van der Waals surface area contributed by atoms with Gasteiger partial charge < -0.3 is 20.6 Å². The first kappa shape index (κ1) is 14.9. The molecule has 4 heteroatoms. The number of nitrogens with two attached hydrogens (primary N) is 1. The highest BCUT2D eigenvalue weighted by Crippen LogP contribution is 2.14. The molecule has 1 unspecified atom stereocenters. The molecule has 0 radical (unpaired) electrons. The number of aliphatic hydroxyl groups is 1. The summed E-state index contributed by atoms with van der Waals surface area (Å²) in [6.07, 6.45) is 2.87. The number of nitrogens with zero attached hydrogens (tertiary/aromatic N) is 2. The zero-order valence-electron chi connectivity index (χ0n) is 11.5. The summed E-state index contributed by atoms with van der Waals surface area (Å²) in [5, 5.41) is 9.24. The highest BCUT2D eigenvalue weighted by molar-refractivity contribution is 4.82. The molecule has 3 N–H and O–H groups in total. The van der Waals surface area contributed by atoms with Crippen molar-refractivity contribution < 1.29 is 5.11 Å². The van der Waals surface area contributed by atoms with Crippen LogP contribution in [0.1, 0.15) is 33.1 Å². The molecule has 0 aromatic carbocycles. The summed E-state index contributed by atoms with van der Waals surface area (Å²) in [5.74, 6) is 0. The third-order valence-electron chi connectivity index (χ3n) is 4.08. The molecular weight excluding hydrogens is 214 g/mol.